The number of para-hydroxylation sites is 1. The maximum atomic E-state index is 12.4. The van der Waals surface area contributed by atoms with Crippen molar-refractivity contribution >= 4 is 11.9 Å². The van der Waals surface area contributed by atoms with Gasteiger partial charge in [-0.3, -0.25) is 15.1 Å². The molecule has 1 aromatic carbocycles. The summed E-state index contributed by atoms with van der Waals surface area (Å²) in [6, 6.07) is 7.60. The van der Waals surface area contributed by atoms with Crippen molar-refractivity contribution in [3.05, 3.63) is 29.8 Å². The summed E-state index contributed by atoms with van der Waals surface area (Å²) in [6.45, 7) is 1.53. The number of nitrogens with zero attached hydrogens (tertiary/aromatic N) is 1. The molecule has 2 N–H and O–H groups in total. The molecule has 1 unspecified atom stereocenters. The van der Waals surface area contributed by atoms with Gasteiger partial charge in [-0.15, -0.1) is 0 Å². The fraction of sp³-hybridized carbons (Fsp3) is 0.429. The summed E-state index contributed by atoms with van der Waals surface area (Å²) in [5.41, 5.74) is 0.0986. The summed E-state index contributed by atoms with van der Waals surface area (Å²) in [5.74, 6) is 1.17. The Bertz CT molecular complexity index is 558. The molecule has 2 heterocycles. The van der Waals surface area contributed by atoms with Crippen LogP contribution in [0, 0.1) is 0 Å². The highest BCUT2D eigenvalue weighted by molar-refractivity contribution is 6.09. The number of fused-ring (bicyclic) bond motifs is 2. The van der Waals surface area contributed by atoms with Crippen LogP contribution in [-0.4, -0.2) is 38.7 Å². The molecule has 106 valence electrons. The molecule has 0 aliphatic carbocycles. The average molecular weight is 275 g/mol. The van der Waals surface area contributed by atoms with E-state index in [1.54, 1.807) is 7.11 Å². The second-order valence-electron chi connectivity index (χ2n) is 4.80. The predicted octanol–water partition coefficient (Wildman–Crippen LogP) is 0.386. The van der Waals surface area contributed by atoms with Crippen molar-refractivity contribution in [2.24, 2.45) is 4.99 Å². The molecule has 1 aromatic rings. The summed E-state index contributed by atoms with van der Waals surface area (Å²) in [5, 5.41) is 6.03. The monoisotopic (exact) mass is 275 g/mol. The Morgan fingerprint density at radius 3 is 3.15 bits per heavy atom. The van der Waals surface area contributed by atoms with Gasteiger partial charge in [0.1, 0.15) is 5.75 Å². The number of ether oxygens (including phenoxy) is 2. The van der Waals surface area contributed by atoms with Crippen LogP contribution in [0.3, 0.4) is 0 Å². The molecule has 2 aliphatic heterocycles. The van der Waals surface area contributed by atoms with Crippen LogP contribution >= 0.6 is 0 Å². The van der Waals surface area contributed by atoms with Crippen LogP contribution in [-0.2, 0) is 15.1 Å². The zero-order chi connectivity index (χ0) is 14.0. The maximum Gasteiger partial charge on any atom is 0.257 e. The molecule has 2 aliphatic rings. The van der Waals surface area contributed by atoms with Gasteiger partial charge in [0, 0.05) is 19.1 Å². The molecule has 6 heteroatoms. The molecule has 1 fully saturated rings. The molecule has 3 rings (SSSR count). The van der Waals surface area contributed by atoms with Gasteiger partial charge in [0.15, 0.2) is 11.5 Å². The third-order valence-electron chi connectivity index (χ3n) is 3.60. The summed E-state index contributed by atoms with van der Waals surface area (Å²) in [6.07, 6.45) is 0.582. The van der Waals surface area contributed by atoms with Crippen molar-refractivity contribution in [3.8, 4) is 5.75 Å². The lowest BCUT2D eigenvalue weighted by Crippen LogP contribution is -2.47. The molecule has 6 nitrogen and oxygen atoms in total. The summed E-state index contributed by atoms with van der Waals surface area (Å²) >= 11 is 0. The Balaban J connectivity index is 1.90. The number of amides is 1. The first-order chi connectivity index (χ1) is 9.76. The number of carbonyl (C=O) groups excluding carboxylic acids is 1. The van der Waals surface area contributed by atoms with Gasteiger partial charge in [-0.1, -0.05) is 18.2 Å². The normalized spacial score (nSPS) is 26.1. The lowest BCUT2D eigenvalue weighted by molar-refractivity contribution is -0.125. The number of benzene rings is 1. The second kappa shape index (κ2) is 5.13. The van der Waals surface area contributed by atoms with E-state index >= 15 is 0 Å². The molecular weight excluding hydrogens is 258 g/mol. The first kappa shape index (κ1) is 12.9. The molecule has 20 heavy (non-hydrogen) atoms. The van der Waals surface area contributed by atoms with Crippen LogP contribution in [0.4, 0.5) is 0 Å². The largest absolute Gasteiger partial charge is 0.493 e. The molecule has 1 spiro atoms. The summed E-state index contributed by atoms with van der Waals surface area (Å²) in [4.78, 5) is 16.7. The van der Waals surface area contributed by atoms with Crippen molar-refractivity contribution < 1.29 is 14.3 Å². The van der Waals surface area contributed by atoms with Crippen LogP contribution in [0.2, 0.25) is 0 Å². The molecule has 0 bridgehead atoms. The van der Waals surface area contributed by atoms with Crippen LogP contribution in [0.5, 0.6) is 5.75 Å². The van der Waals surface area contributed by atoms with Gasteiger partial charge in [0.05, 0.1) is 19.8 Å². The van der Waals surface area contributed by atoms with Crippen LogP contribution in [0.15, 0.2) is 29.3 Å². The number of hydrogen-bond acceptors (Lipinski definition) is 4. The van der Waals surface area contributed by atoms with E-state index in [2.05, 4.69) is 15.6 Å². The highest BCUT2D eigenvalue weighted by atomic mass is 16.5. The second-order valence-corrected chi connectivity index (χ2v) is 4.80. The lowest BCUT2D eigenvalue weighted by atomic mass is 9.85. The Labute approximate surface area is 117 Å². The van der Waals surface area contributed by atoms with Gasteiger partial charge < -0.3 is 14.8 Å². The van der Waals surface area contributed by atoms with Gasteiger partial charge in [-0.05, 0) is 6.07 Å². The van der Waals surface area contributed by atoms with Crippen molar-refractivity contribution in [2.75, 3.05) is 26.9 Å². The van der Waals surface area contributed by atoms with Crippen molar-refractivity contribution in [3.63, 3.8) is 0 Å². The minimum absolute atomic E-state index is 0.0792. The van der Waals surface area contributed by atoms with Crippen LogP contribution < -0.4 is 15.4 Å². The van der Waals surface area contributed by atoms with E-state index in [1.807, 2.05) is 24.3 Å². The minimum atomic E-state index is -0.763. The fourth-order valence-corrected chi connectivity index (χ4v) is 2.59. The van der Waals surface area contributed by atoms with E-state index in [0.717, 1.165) is 11.3 Å². The standard InChI is InChI=1S/C14H17N3O3/c1-19-9-7-15-13-16-12(18)14(17-13)6-8-20-11-5-3-2-4-10(11)14/h2-5H,6-9H2,1H3,(H2,15,16,17,18). The Hall–Kier alpha value is -2.08. The number of carbonyl (C=O) groups is 1. The lowest BCUT2D eigenvalue weighted by Gasteiger charge is -2.32. The number of methoxy groups -OCH3 is 1. The third-order valence-corrected chi connectivity index (χ3v) is 3.60. The molecule has 1 amide bonds. The topological polar surface area (TPSA) is 72.0 Å². The van der Waals surface area contributed by atoms with E-state index in [4.69, 9.17) is 9.47 Å². The smallest absolute Gasteiger partial charge is 0.257 e. The fourth-order valence-electron chi connectivity index (χ4n) is 2.59. The van der Waals surface area contributed by atoms with Crippen LogP contribution in [0.25, 0.3) is 0 Å². The zero-order valence-corrected chi connectivity index (χ0v) is 11.3. The van der Waals surface area contributed by atoms with Crippen LogP contribution in [0.1, 0.15) is 12.0 Å². The van der Waals surface area contributed by atoms with Crippen molar-refractivity contribution in [1.82, 2.24) is 10.6 Å². The highest BCUT2D eigenvalue weighted by Gasteiger charge is 2.49. The SMILES string of the molecule is COCCN=C1NC(=O)C2(CCOc3ccccc32)N1. The minimum Gasteiger partial charge on any atom is -0.493 e. The molecule has 0 aromatic heterocycles. The molecule has 0 saturated carbocycles. The van der Waals surface area contributed by atoms with Gasteiger partial charge in [-0.25, -0.2) is 0 Å². The Morgan fingerprint density at radius 2 is 2.30 bits per heavy atom. The first-order valence-corrected chi connectivity index (χ1v) is 6.61. The highest BCUT2D eigenvalue weighted by Crippen LogP contribution is 2.38. The van der Waals surface area contributed by atoms with Gasteiger partial charge >= 0.3 is 0 Å². The predicted molar refractivity (Wildman–Crippen MR) is 73.7 cm³/mol. The quantitative estimate of drug-likeness (QED) is 0.783. The Kier molecular flexibility index (Phi) is 3.31. The van der Waals surface area contributed by atoms with E-state index < -0.39 is 5.54 Å². The summed E-state index contributed by atoms with van der Waals surface area (Å²) in [7, 11) is 1.62. The van der Waals surface area contributed by atoms with E-state index in [9.17, 15) is 4.79 Å². The van der Waals surface area contributed by atoms with Crippen molar-refractivity contribution in [2.45, 2.75) is 12.0 Å². The molecule has 0 radical (unpaired) electrons. The number of guanidine groups is 1. The van der Waals surface area contributed by atoms with Gasteiger partial charge in [-0.2, -0.15) is 0 Å². The zero-order valence-electron chi connectivity index (χ0n) is 11.3. The molecular formula is C14H17N3O3. The summed E-state index contributed by atoms with van der Waals surface area (Å²) < 4.78 is 10.6. The first-order valence-electron chi connectivity index (χ1n) is 6.61. The number of aliphatic imine (C=N–C) groups is 1. The maximum absolute atomic E-state index is 12.4. The molecule has 1 saturated heterocycles. The molecule has 1 atom stereocenters. The van der Waals surface area contributed by atoms with E-state index in [0.29, 0.717) is 32.1 Å². The van der Waals surface area contributed by atoms with Gasteiger partial charge in [0.2, 0.25) is 0 Å². The Morgan fingerprint density at radius 1 is 1.45 bits per heavy atom. The number of hydrogen-bond donors (Lipinski definition) is 2. The third kappa shape index (κ3) is 2.02. The number of rotatable bonds is 3. The van der Waals surface area contributed by atoms with E-state index in [1.165, 1.54) is 0 Å². The van der Waals surface area contributed by atoms with Crippen molar-refractivity contribution in [1.29, 1.82) is 0 Å². The number of nitrogens with one attached hydrogen (secondary N) is 2. The van der Waals surface area contributed by atoms with Gasteiger partial charge in [0.25, 0.3) is 5.91 Å². The van der Waals surface area contributed by atoms with E-state index in [-0.39, 0.29) is 5.91 Å². The average Bonchev–Trinajstić information content (AvgIpc) is 2.77.